The van der Waals surface area contributed by atoms with Crippen LogP contribution < -0.4 is 0 Å². The molecule has 0 bridgehead atoms. The van der Waals surface area contributed by atoms with Crippen LogP contribution >= 0.6 is 0 Å². The van der Waals surface area contributed by atoms with Gasteiger partial charge in [0.25, 0.3) is 0 Å². The van der Waals surface area contributed by atoms with Gasteiger partial charge in [-0.2, -0.15) is 0 Å². The van der Waals surface area contributed by atoms with Crippen molar-refractivity contribution in [2.75, 3.05) is 27.8 Å². The number of hydrogen-bond acceptors (Lipinski definition) is 4. The zero-order valence-electron chi connectivity index (χ0n) is 14.9. The molecule has 0 heterocycles. The van der Waals surface area contributed by atoms with Gasteiger partial charge in [0.15, 0.2) is 0 Å². The van der Waals surface area contributed by atoms with Crippen LogP contribution in [0.5, 0.6) is 0 Å². The molecule has 0 aromatic heterocycles. The zero-order chi connectivity index (χ0) is 19.6. The van der Waals surface area contributed by atoms with Crippen molar-refractivity contribution in [1.29, 1.82) is 0 Å². The second kappa shape index (κ2) is 38.7. The molecule has 0 aromatic rings. The van der Waals surface area contributed by atoms with Gasteiger partial charge in [-0.05, 0) is 6.92 Å². The van der Waals surface area contributed by atoms with E-state index in [-0.39, 0.29) is 40.8 Å². The van der Waals surface area contributed by atoms with Crippen LogP contribution in [-0.2, 0) is 54.0 Å². The minimum atomic E-state index is -0.518. The van der Waals surface area contributed by atoms with E-state index in [4.69, 9.17) is 39.3 Å². The van der Waals surface area contributed by atoms with Crippen molar-refractivity contribution in [3.63, 3.8) is 0 Å². The monoisotopic (exact) mass is 525 g/mol. The SMILES string of the molecule is C1CCCC1.[C-]#C[C@H](OCOC)[C@H](C)OCOC.[C-]#[O+].[C-]#[O+].[C-]#[O+].[W+2]. The third kappa shape index (κ3) is 31.6. The Morgan fingerprint density at radius 2 is 1.12 bits per heavy atom. The molecule has 8 heteroatoms. The quantitative estimate of drug-likeness (QED) is 0.221. The molecule has 0 aliphatic heterocycles. The molecule has 0 unspecified atom stereocenters. The summed E-state index contributed by atoms with van der Waals surface area (Å²) >= 11 is 0. The summed E-state index contributed by atoms with van der Waals surface area (Å²) in [5.74, 6) is 2.21. The van der Waals surface area contributed by atoms with E-state index in [1.165, 1.54) is 46.3 Å². The maximum atomic E-state index is 7.50. The van der Waals surface area contributed by atoms with Gasteiger partial charge in [-0.15, -0.1) is 0 Å². The molecule has 140 valence electrons. The predicted octanol–water partition coefficient (Wildman–Crippen LogP) is 2.41. The normalized spacial score (nSPS) is 12.8. The van der Waals surface area contributed by atoms with Crippen molar-refractivity contribution >= 4 is 0 Å². The van der Waals surface area contributed by atoms with Crippen LogP contribution in [0.15, 0.2) is 0 Å². The summed E-state index contributed by atoms with van der Waals surface area (Å²) in [6.07, 6.45) is 13.7. The summed E-state index contributed by atoms with van der Waals surface area (Å²) in [6, 6.07) is 0. The number of hydrogen-bond donors (Lipinski definition) is 0. The van der Waals surface area contributed by atoms with Gasteiger partial charge >= 0.3 is 55.0 Å². The van der Waals surface area contributed by atoms with Crippen molar-refractivity contribution in [2.24, 2.45) is 0 Å². The Balaban J connectivity index is -0.0000000920. The predicted molar refractivity (Wildman–Crippen MR) is 81.2 cm³/mol. The molecule has 0 saturated heterocycles. The minimum Gasteiger partial charge on any atom is 2.00 e. The second-order valence-corrected chi connectivity index (χ2v) is 4.18. The molecule has 1 saturated carbocycles. The third-order valence-electron chi connectivity index (χ3n) is 2.63. The maximum absolute atomic E-state index is 7.50. The van der Waals surface area contributed by atoms with E-state index in [2.05, 4.69) is 25.9 Å². The van der Waals surface area contributed by atoms with Gasteiger partial charge in [0.2, 0.25) is 0 Å². The fourth-order valence-electron chi connectivity index (χ4n) is 1.58. The molecule has 0 spiro atoms. The van der Waals surface area contributed by atoms with Crippen molar-refractivity contribution < 1.29 is 54.0 Å². The molecule has 25 heavy (non-hydrogen) atoms. The summed E-state index contributed by atoms with van der Waals surface area (Å²) < 4.78 is 42.2. The van der Waals surface area contributed by atoms with Gasteiger partial charge in [0, 0.05) is 14.2 Å². The zero-order valence-corrected chi connectivity index (χ0v) is 17.8. The molecule has 1 aliphatic rings. The summed E-state index contributed by atoms with van der Waals surface area (Å²) in [5.41, 5.74) is 0. The van der Waals surface area contributed by atoms with E-state index in [0.29, 0.717) is 0 Å². The Bertz CT molecular complexity index is 297. The summed E-state index contributed by atoms with van der Waals surface area (Å²) in [7, 11) is 3.05. The largest absolute Gasteiger partial charge is 2.00 e. The summed E-state index contributed by atoms with van der Waals surface area (Å²) in [4.78, 5) is 0. The van der Waals surface area contributed by atoms with Crippen LogP contribution in [0.2, 0.25) is 0 Å². The Hall–Kier alpha value is -0.692. The first kappa shape index (κ1) is 35.4. The first-order valence-electron chi connectivity index (χ1n) is 7.00. The van der Waals surface area contributed by atoms with Crippen molar-refractivity contribution in [3.8, 4) is 5.92 Å². The van der Waals surface area contributed by atoms with E-state index in [9.17, 15) is 0 Å². The molecule has 1 rings (SSSR count). The Morgan fingerprint density at radius 3 is 1.40 bits per heavy atom. The third-order valence-corrected chi connectivity index (χ3v) is 2.63. The van der Waals surface area contributed by atoms with E-state index in [1.54, 1.807) is 6.92 Å². The number of ether oxygens (including phenoxy) is 4. The van der Waals surface area contributed by atoms with Crippen LogP contribution in [0.25, 0.3) is 0 Å². The minimum absolute atomic E-state index is 0. The number of methoxy groups -OCH3 is 2. The molecule has 2 atom stereocenters. The van der Waals surface area contributed by atoms with Gasteiger partial charge in [-0.25, -0.2) is 0 Å². The molecule has 1 fully saturated rings. The number of rotatable bonds is 7. The average Bonchev–Trinajstić information content (AvgIpc) is 3.25. The molecule has 1 aliphatic carbocycles. The Morgan fingerprint density at radius 1 is 0.800 bits per heavy atom. The molecule has 0 amide bonds. The van der Waals surface area contributed by atoms with Crippen molar-refractivity contribution in [1.82, 2.24) is 0 Å². The Labute approximate surface area is 165 Å². The summed E-state index contributed by atoms with van der Waals surface area (Å²) in [6.45, 7) is 15.6. The van der Waals surface area contributed by atoms with Crippen molar-refractivity contribution in [2.45, 2.75) is 51.2 Å². The van der Waals surface area contributed by atoms with Crippen molar-refractivity contribution in [3.05, 3.63) is 26.4 Å². The molecular weight excluding hydrogens is 500 g/mol. The van der Waals surface area contributed by atoms with Crippen LogP contribution in [-0.4, -0.2) is 40.0 Å². The second-order valence-electron chi connectivity index (χ2n) is 4.18. The standard InChI is InChI=1S/C9H15O4.C5H10.3CO.W/c1-5-9(13-7-11-4)8(2)12-6-10-3;1-2-4-5-3-1;3*1-2;/h8-9H,6-7H2,2-4H3;1-5H2;;;;/q-1;;;;;+2/t8-,9-;;;;;/m0...../s1. The van der Waals surface area contributed by atoms with E-state index in [0.717, 1.165) is 0 Å². The van der Waals surface area contributed by atoms with E-state index in [1.807, 2.05) is 0 Å². The molecule has 0 radical (unpaired) electrons. The fraction of sp³-hybridized carbons (Fsp3) is 0.706. The summed E-state index contributed by atoms with van der Waals surface area (Å²) in [5, 5.41) is 0. The first-order chi connectivity index (χ1) is 11.8. The van der Waals surface area contributed by atoms with Crippen LogP contribution in [0, 0.1) is 32.3 Å². The average molecular weight is 525 g/mol. The smallest absolute Gasteiger partial charge is 2.00 e. The van der Waals surface area contributed by atoms with Crippen LogP contribution in [0.4, 0.5) is 0 Å². The molecular formula is C17H25O7W+. The topological polar surface area (TPSA) is 96.6 Å². The van der Waals surface area contributed by atoms with Gasteiger partial charge in [-0.3, -0.25) is 0 Å². The van der Waals surface area contributed by atoms with Gasteiger partial charge < -0.3 is 31.3 Å². The molecule has 0 N–H and O–H groups in total. The molecule has 0 aromatic carbocycles. The van der Waals surface area contributed by atoms with Crippen LogP contribution in [0.3, 0.4) is 0 Å². The Kier molecular flexibility index (Phi) is 54.9. The maximum Gasteiger partial charge on any atom is 2.00 e. The van der Waals surface area contributed by atoms with E-state index >= 15 is 0 Å². The van der Waals surface area contributed by atoms with Gasteiger partial charge in [0.05, 0.1) is 6.10 Å². The van der Waals surface area contributed by atoms with Gasteiger partial charge in [0.1, 0.15) is 19.7 Å². The molecule has 7 nitrogen and oxygen atoms in total. The fourth-order valence-corrected chi connectivity index (χ4v) is 1.58. The van der Waals surface area contributed by atoms with Gasteiger partial charge in [-0.1, -0.05) is 32.1 Å². The van der Waals surface area contributed by atoms with Crippen LogP contribution in [0.1, 0.15) is 39.0 Å². The first-order valence-corrected chi connectivity index (χ1v) is 7.00. The van der Waals surface area contributed by atoms with E-state index < -0.39 is 6.10 Å².